The summed E-state index contributed by atoms with van der Waals surface area (Å²) in [6.45, 7) is 4.07. The molecule has 0 radical (unpaired) electrons. The van der Waals surface area contributed by atoms with E-state index in [9.17, 15) is 14.7 Å². The molecule has 1 amide bonds. The van der Waals surface area contributed by atoms with Crippen LogP contribution in [0.2, 0.25) is 0 Å². The van der Waals surface area contributed by atoms with Gasteiger partial charge in [0, 0.05) is 0 Å². The molecule has 2 rings (SSSR count). The van der Waals surface area contributed by atoms with Crippen LogP contribution in [0.5, 0.6) is 5.75 Å². The van der Waals surface area contributed by atoms with E-state index >= 15 is 0 Å². The lowest BCUT2D eigenvalue weighted by molar-refractivity contribution is -0.137. The highest BCUT2D eigenvalue weighted by Crippen LogP contribution is 2.14. The summed E-state index contributed by atoms with van der Waals surface area (Å²) in [4.78, 5) is 24.2. The van der Waals surface area contributed by atoms with Crippen molar-refractivity contribution in [3.05, 3.63) is 66.2 Å². The largest absolute Gasteiger partial charge is 0.445 e. The Kier molecular flexibility index (Phi) is 8.49. The van der Waals surface area contributed by atoms with Crippen LogP contribution in [0, 0.1) is 5.92 Å². The molecule has 28 heavy (non-hydrogen) atoms. The minimum atomic E-state index is -1.08. The average molecular weight is 385 g/mol. The number of nitrogens with one attached hydrogen (secondary N) is 1. The molecule has 0 spiro atoms. The van der Waals surface area contributed by atoms with Crippen molar-refractivity contribution in [1.82, 2.24) is 5.32 Å². The van der Waals surface area contributed by atoms with Gasteiger partial charge in [-0.25, -0.2) is 4.79 Å². The van der Waals surface area contributed by atoms with Crippen molar-refractivity contribution in [3.8, 4) is 5.75 Å². The molecule has 2 aromatic rings. The SMILES string of the molecule is CC(C)C[C@H](NC(=O)OCc1ccccc1)[C@@H](O)CC(=O)Oc1ccccc1. The highest BCUT2D eigenvalue weighted by molar-refractivity contribution is 5.73. The predicted molar refractivity (Wildman–Crippen MR) is 106 cm³/mol. The monoisotopic (exact) mass is 385 g/mol. The second-order valence-electron chi connectivity index (χ2n) is 7.00. The first kappa shape index (κ1) is 21.4. The zero-order valence-electron chi connectivity index (χ0n) is 16.2. The van der Waals surface area contributed by atoms with E-state index in [0.29, 0.717) is 12.2 Å². The zero-order valence-corrected chi connectivity index (χ0v) is 16.2. The van der Waals surface area contributed by atoms with Crippen LogP contribution in [-0.2, 0) is 16.1 Å². The molecular formula is C22H27NO5. The molecule has 0 aliphatic heterocycles. The van der Waals surface area contributed by atoms with Crippen LogP contribution < -0.4 is 10.1 Å². The predicted octanol–water partition coefficient (Wildman–Crippen LogP) is 3.68. The Morgan fingerprint density at radius 1 is 1.00 bits per heavy atom. The number of rotatable bonds is 9. The van der Waals surface area contributed by atoms with Gasteiger partial charge in [-0.2, -0.15) is 0 Å². The van der Waals surface area contributed by atoms with Crippen LogP contribution >= 0.6 is 0 Å². The van der Waals surface area contributed by atoms with E-state index in [1.807, 2.05) is 50.2 Å². The van der Waals surface area contributed by atoms with Crippen LogP contribution in [0.15, 0.2) is 60.7 Å². The van der Waals surface area contributed by atoms with Gasteiger partial charge in [-0.15, -0.1) is 0 Å². The number of para-hydroxylation sites is 1. The molecule has 6 heteroatoms. The van der Waals surface area contributed by atoms with E-state index in [1.54, 1.807) is 24.3 Å². The first-order chi connectivity index (χ1) is 13.4. The molecule has 2 aromatic carbocycles. The van der Waals surface area contributed by atoms with Crippen LogP contribution in [0.25, 0.3) is 0 Å². The van der Waals surface area contributed by atoms with Crippen molar-refractivity contribution in [2.75, 3.05) is 0 Å². The van der Waals surface area contributed by atoms with Crippen molar-refractivity contribution in [1.29, 1.82) is 0 Å². The van der Waals surface area contributed by atoms with Crippen molar-refractivity contribution in [2.45, 2.75) is 45.4 Å². The van der Waals surface area contributed by atoms with Crippen LogP contribution in [-0.4, -0.2) is 29.3 Å². The van der Waals surface area contributed by atoms with Crippen molar-refractivity contribution in [3.63, 3.8) is 0 Å². The van der Waals surface area contributed by atoms with E-state index in [4.69, 9.17) is 9.47 Å². The summed E-state index contributed by atoms with van der Waals surface area (Å²) in [5.74, 6) is 0.0569. The number of alkyl carbamates (subject to hydrolysis) is 1. The summed E-state index contributed by atoms with van der Waals surface area (Å²) in [6, 6.07) is 17.3. The Bertz CT molecular complexity index is 733. The summed E-state index contributed by atoms with van der Waals surface area (Å²) in [5.41, 5.74) is 0.866. The Labute approximate surface area is 165 Å². The number of hydrogen-bond donors (Lipinski definition) is 2. The summed E-state index contributed by atoms with van der Waals surface area (Å²) in [7, 11) is 0. The fourth-order valence-corrected chi connectivity index (χ4v) is 2.71. The molecule has 6 nitrogen and oxygen atoms in total. The Morgan fingerprint density at radius 3 is 2.21 bits per heavy atom. The number of benzene rings is 2. The minimum absolute atomic E-state index is 0.132. The molecule has 0 bridgehead atoms. The van der Waals surface area contributed by atoms with E-state index in [0.717, 1.165) is 5.56 Å². The number of aliphatic hydroxyl groups excluding tert-OH is 1. The van der Waals surface area contributed by atoms with Gasteiger partial charge in [0.2, 0.25) is 0 Å². The first-order valence-electron chi connectivity index (χ1n) is 9.35. The molecule has 2 N–H and O–H groups in total. The van der Waals surface area contributed by atoms with E-state index < -0.39 is 24.2 Å². The average Bonchev–Trinajstić information content (AvgIpc) is 2.67. The van der Waals surface area contributed by atoms with Crippen molar-refractivity contribution < 1.29 is 24.2 Å². The number of carbonyl (C=O) groups is 2. The molecule has 2 atom stereocenters. The second-order valence-corrected chi connectivity index (χ2v) is 7.00. The maximum Gasteiger partial charge on any atom is 0.407 e. The van der Waals surface area contributed by atoms with E-state index in [2.05, 4.69) is 5.32 Å². The van der Waals surface area contributed by atoms with Gasteiger partial charge in [0.1, 0.15) is 12.4 Å². The molecule has 150 valence electrons. The number of ether oxygens (including phenoxy) is 2. The molecule has 0 saturated heterocycles. The van der Waals surface area contributed by atoms with Gasteiger partial charge in [0.25, 0.3) is 0 Å². The Hall–Kier alpha value is -2.86. The topological polar surface area (TPSA) is 84.9 Å². The molecule has 0 aliphatic rings. The number of hydrogen-bond acceptors (Lipinski definition) is 5. The molecule has 0 saturated carbocycles. The molecule has 0 fully saturated rings. The molecule has 0 aliphatic carbocycles. The van der Waals surface area contributed by atoms with Crippen LogP contribution in [0.3, 0.4) is 0 Å². The molecule has 0 heterocycles. The maximum atomic E-state index is 12.1. The number of aliphatic hydroxyl groups is 1. The summed E-state index contributed by atoms with van der Waals surface area (Å²) in [6.07, 6.45) is -1.45. The lowest BCUT2D eigenvalue weighted by Gasteiger charge is -2.25. The van der Waals surface area contributed by atoms with Gasteiger partial charge < -0.3 is 19.9 Å². The highest BCUT2D eigenvalue weighted by Gasteiger charge is 2.26. The van der Waals surface area contributed by atoms with E-state index in [1.165, 1.54) is 0 Å². The second kappa shape index (κ2) is 11.1. The van der Waals surface area contributed by atoms with Crippen molar-refractivity contribution >= 4 is 12.1 Å². The third kappa shape index (κ3) is 7.80. The Morgan fingerprint density at radius 2 is 1.61 bits per heavy atom. The quantitative estimate of drug-likeness (QED) is 0.508. The summed E-state index contributed by atoms with van der Waals surface area (Å²) < 4.78 is 10.4. The third-order valence-electron chi connectivity index (χ3n) is 4.06. The van der Waals surface area contributed by atoms with Crippen LogP contribution in [0.4, 0.5) is 4.79 Å². The van der Waals surface area contributed by atoms with E-state index in [-0.39, 0.29) is 18.9 Å². The lowest BCUT2D eigenvalue weighted by Crippen LogP contribution is -2.45. The smallest absolute Gasteiger partial charge is 0.407 e. The summed E-state index contributed by atoms with van der Waals surface area (Å²) >= 11 is 0. The normalized spacial score (nSPS) is 12.9. The van der Waals surface area contributed by atoms with Gasteiger partial charge in [-0.3, -0.25) is 4.79 Å². The number of amides is 1. The molecule has 0 unspecified atom stereocenters. The van der Waals surface area contributed by atoms with Gasteiger partial charge in [-0.05, 0) is 30.0 Å². The molecular weight excluding hydrogens is 358 g/mol. The molecule has 0 aromatic heterocycles. The first-order valence-corrected chi connectivity index (χ1v) is 9.35. The van der Waals surface area contributed by atoms with Gasteiger partial charge in [0.15, 0.2) is 0 Å². The highest BCUT2D eigenvalue weighted by atomic mass is 16.5. The van der Waals surface area contributed by atoms with Crippen molar-refractivity contribution in [2.24, 2.45) is 5.92 Å². The standard InChI is InChI=1S/C22H27NO5/c1-16(2)13-19(23-22(26)27-15-17-9-5-3-6-10-17)20(24)14-21(25)28-18-11-7-4-8-12-18/h3-12,16,19-20,24H,13-15H2,1-2H3,(H,23,26)/t19-,20-/m0/s1. The Balaban J connectivity index is 1.87. The van der Waals surface area contributed by atoms with Gasteiger partial charge >= 0.3 is 12.1 Å². The third-order valence-corrected chi connectivity index (χ3v) is 4.06. The fraction of sp³-hybridized carbons (Fsp3) is 0.364. The lowest BCUT2D eigenvalue weighted by atomic mass is 9.97. The zero-order chi connectivity index (χ0) is 20.4. The van der Waals surface area contributed by atoms with Crippen LogP contribution in [0.1, 0.15) is 32.3 Å². The minimum Gasteiger partial charge on any atom is -0.445 e. The van der Waals surface area contributed by atoms with Gasteiger partial charge in [0.05, 0.1) is 18.6 Å². The van der Waals surface area contributed by atoms with Gasteiger partial charge in [-0.1, -0.05) is 62.4 Å². The summed E-state index contributed by atoms with van der Waals surface area (Å²) in [5, 5.41) is 13.1. The number of carbonyl (C=O) groups excluding carboxylic acids is 2. The number of esters is 1. The fourth-order valence-electron chi connectivity index (χ4n) is 2.71. The maximum absolute atomic E-state index is 12.1.